The molecule has 1 rings (SSSR count). The number of hydrogen-bond acceptors (Lipinski definition) is 3. The summed E-state index contributed by atoms with van der Waals surface area (Å²) in [5.41, 5.74) is 1.53. The molecule has 0 aliphatic rings. The van der Waals surface area contributed by atoms with E-state index in [1.165, 1.54) is 0 Å². The predicted molar refractivity (Wildman–Crippen MR) is 86.5 cm³/mol. The first-order chi connectivity index (χ1) is 9.70. The summed E-state index contributed by atoms with van der Waals surface area (Å²) >= 11 is 0. The van der Waals surface area contributed by atoms with E-state index >= 15 is 0 Å². The Morgan fingerprint density at radius 2 is 1.90 bits per heavy atom. The van der Waals surface area contributed by atoms with Gasteiger partial charge in [0, 0.05) is 10.8 Å². The minimum atomic E-state index is -1.38. The second-order valence-electron chi connectivity index (χ2n) is 6.09. The molecule has 0 bridgehead atoms. The van der Waals surface area contributed by atoms with E-state index in [-0.39, 0.29) is 17.4 Å². The molecule has 116 valence electrons. The van der Waals surface area contributed by atoms with E-state index in [0.717, 1.165) is 5.56 Å². The van der Waals surface area contributed by atoms with Crippen LogP contribution in [0, 0.1) is 16.0 Å². The van der Waals surface area contributed by atoms with Gasteiger partial charge in [0.05, 0.1) is 10.5 Å². The lowest BCUT2D eigenvalue weighted by Gasteiger charge is -2.16. The lowest BCUT2D eigenvalue weighted by molar-refractivity contribution is -0.487. The zero-order valence-corrected chi connectivity index (χ0v) is 13.7. The van der Waals surface area contributed by atoms with Crippen molar-refractivity contribution in [2.24, 2.45) is 10.3 Å². The maximum Gasteiger partial charge on any atom is 0.206 e. The molecule has 0 saturated heterocycles. The van der Waals surface area contributed by atoms with E-state index in [0.29, 0.717) is 12.1 Å². The van der Waals surface area contributed by atoms with Crippen molar-refractivity contribution in [3.8, 4) is 0 Å². The number of benzene rings is 1. The van der Waals surface area contributed by atoms with Crippen molar-refractivity contribution < 1.29 is 9.13 Å². The van der Waals surface area contributed by atoms with Crippen LogP contribution >= 0.6 is 0 Å². The maximum atomic E-state index is 12.2. The summed E-state index contributed by atoms with van der Waals surface area (Å²) in [5, 5.41) is 10.6. The lowest BCUT2D eigenvalue weighted by Crippen LogP contribution is -2.22. The van der Waals surface area contributed by atoms with Crippen LogP contribution in [0.4, 0.5) is 0 Å². The number of hydrogen-bond donors (Lipinski definition) is 0. The van der Waals surface area contributed by atoms with Crippen molar-refractivity contribution in [1.29, 1.82) is 0 Å². The molecule has 0 aromatic heterocycles. The van der Waals surface area contributed by atoms with E-state index in [2.05, 4.69) is 4.40 Å². The molecule has 0 amide bonds. The molecule has 0 aliphatic heterocycles. The topological polar surface area (TPSA) is 72.6 Å². The van der Waals surface area contributed by atoms with Crippen molar-refractivity contribution in [3.05, 3.63) is 46.0 Å². The first-order valence-corrected chi connectivity index (χ1v) is 7.97. The van der Waals surface area contributed by atoms with Gasteiger partial charge in [-0.25, -0.2) is 4.21 Å². The van der Waals surface area contributed by atoms with Crippen molar-refractivity contribution in [2.75, 3.05) is 6.54 Å². The normalized spacial score (nSPS) is 15.5. The van der Waals surface area contributed by atoms with Crippen LogP contribution in [-0.4, -0.2) is 26.1 Å². The molecule has 0 radical (unpaired) electrons. The molecule has 1 aromatic carbocycles. The summed E-state index contributed by atoms with van der Waals surface area (Å²) in [6.45, 7) is 7.26. The smallest absolute Gasteiger partial charge is 0.206 e. The highest BCUT2D eigenvalue weighted by Gasteiger charge is 2.21. The molecule has 5 nitrogen and oxygen atoms in total. The summed E-state index contributed by atoms with van der Waals surface area (Å²) < 4.78 is 16.1. The van der Waals surface area contributed by atoms with Gasteiger partial charge < -0.3 is 0 Å². The standard InChI is InChI=1S/C15H22N2O3S/c1-12(11-17(18)19)10-14(13-8-6-5-7-9-13)16-21(20)15(2,3)4/h5-9,12H,10-11H2,1-4H3/b16-14-/t12?,21-/m1/s1. The average molecular weight is 310 g/mol. The van der Waals surface area contributed by atoms with Crippen LogP contribution in [0.2, 0.25) is 0 Å². The fourth-order valence-corrected chi connectivity index (χ4v) is 2.38. The Labute approximate surface area is 128 Å². The second kappa shape index (κ2) is 7.45. The first kappa shape index (κ1) is 17.5. The van der Waals surface area contributed by atoms with Gasteiger partial charge in [-0.3, -0.25) is 10.1 Å². The zero-order chi connectivity index (χ0) is 16.0. The Morgan fingerprint density at radius 1 is 1.33 bits per heavy atom. The van der Waals surface area contributed by atoms with Crippen LogP contribution in [0.3, 0.4) is 0 Å². The average Bonchev–Trinajstić information content (AvgIpc) is 2.36. The van der Waals surface area contributed by atoms with Gasteiger partial charge in [0.15, 0.2) is 0 Å². The van der Waals surface area contributed by atoms with Crippen molar-refractivity contribution in [3.63, 3.8) is 0 Å². The van der Waals surface area contributed by atoms with Gasteiger partial charge in [-0.05, 0) is 32.8 Å². The summed E-state index contributed by atoms with van der Waals surface area (Å²) in [6, 6.07) is 9.42. The maximum absolute atomic E-state index is 12.2. The molecule has 0 heterocycles. The molecule has 6 heteroatoms. The molecule has 0 N–H and O–H groups in total. The van der Waals surface area contributed by atoms with Gasteiger partial charge in [0.1, 0.15) is 11.0 Å². The third-order valence-corrected chi connectivity index (χ3v) is 4.26. The summed E-state index contributed by atoms with van der Waals surface area (Å²) in [4.78, 5) is 10.3. The quantitative estimate of drug-likeness (QED) is 0.460. The summed E-state index contributed by atoms with van der Waals surface area (Å²) in [7, 11) is -1.38. The Morgan fingerprint density at radius 3 is 2.38 bits per heavy atom. The van der Waals surface area contributed by atoms with Gasteiger partial charge in [0.2, 0.25) is 6.54 Å². The Hall–Kier alpha value is -1.56. The molecule has 0 spiro atoms. The van der Waals surface area contributed by atoms with Gasteiger partial charge in [-0.1, -0.05) is 37.3 Å². The van der Waals surface area contributed by atoms with Crippen LogP contribution in [0.5, 0.6) is 0 Å². The van der Waals surface area contributed by atoms with Crippen LogP contribution in [0.15, 0.2) is 34.7 Å². The van der Waals surface area contributed by atoms with Crippen molar-refractivity contribution in [2.45, 2.75) is 38.9 Å². The Kier molecular flexibility index (Phi) is 6.20. The second-order valence-corrected chi connectivity index (χ2v) is 8.00. The fourth-order valence-electron chi connectivity index (χ4n) is 1.72. The highest BCUT2D eigenvalue weighted by Crippen LogP contribution is 2.17. The number of nitrogens with zero attached hydrogens (tertiary/aromatic N) is 2. The monoisotopic (exact) mass is 310 g/mol. The predicted octanol–water partition coefficient (Wildman–Crippen LogP) is 3.24. The van der Waals surface area contributed by atoms with E-state index in [1.807, 2.05) is 51.1 Å². The molecular formula is C15H22N2O3S. The molecule has 0 aliphatic carbocycles. The Bertz CT molecular complexity index is 536. The highest BCUT2D eigenvalue weighted by atomic mass is 32.2. The first-order valence-electron chi connectivity index (χ1n) is 6.87. The third kappa shape index (κ3) is 6.16. The fraction of sp³-hybridized carbons (Fsp3) is 0.533. The van der Waals surface area contributed by atoms with Crippen molar-refractivity contribution >= 4 is 16.7 Å². The lowest BCUT2D eigenvalue weighted by atomic mass is 9.99. The van der Waals surface area contributed by atoms with Crippen molar-refractivity contribution in [1.82, 2.24) is 0 Å². The minimum absolute atomic E-state index is 0.117. The molecule has 0 fully saturated rings. The molecule has 1 unspecified atom stereocenters. The third-order valence-electron chi connectivity index (χ3n) is 2.83. The zero-order valence-electron chi connectivity index (χ0n) is 12.9. The van der Waals surface area contributed by atoms with E-state index < -0.39 is 15.7 Å². The van der Waals surface area contributed by atoms with Gasteiger partial charge in [-0.2, -0.15) is 4.40 Å². The molecule has 0 saturated carbocycles. The molecule has 2 atom stereocenters. The number of rotatable bonds is 6. The van der Waals surface area contributed by atoms with E-state index in [4.69, 9.17) is 0 Å². The summed E-state index contributed by atoms with van der Waals surface area (Å²) in [6.07, 6.45) is 0.437. The number of nitro groups is 1. The summed E-state index contributed by atoms with van der Waals surface area (Å²) in [5.74, 6) is -0.157. The van der Waals surface area contributed by atoms with Crippen LogP contribution in [-0.2, 0) is 11.0 Å². The minimum Gasteiger partial charge on any atom is -0.265 e. The van der Waals surface area contributed by atoms with Gasteiger partial charge in [-0.15, -0.1) is 0 Å². The van der Waals surface area contributed by atoms with E-state index in [9.17, 15) is 14.3 Å². The van der Waals surface area contributed by atoms with E-state index in [1.54, 1.807) is 6.92 Å². The SMILES string of the molecule is CC(C/C(=N/[S@](=O)C(C)(C)C)c1ccccc1)C[N+](=O)[O-]. The van der Waals surface area contributed by atoms with Crippen LogP contribution in [0.1, 0.15) is 39.7 Å². The largest absolute Gasteiger partial charge is 0.265 e. The molecule has 21 heavy (non-hydrogen) atoms. The Balaban J connectivity index is 3.04. The molecule has 1 aromatic rings. The van der Waals surface area contributed by atoms with Crippen LogP contribution in [0.25, 0.3) is 0 Å². The van der Waals surface area contributed by atoms with Crippen LogP contribution < -0.4 is 0 Å². The highest BCUT2D eigenvalue weighted by molar-refractivity contribution is 7.85. The van der Waals surface area contributed by atoms with Gasteiger partial charge in [0.25, 0.3) is 0 Å². The molecular weight excluding hydrogens is 288 g/mol. The van der Waals surface area contributed by atoms with Gasteiger partial charge >= 0.3 is 0 Å².